The molecule has 0 spiro atoms. The highest BCUT2D eigenvalue weighted by Gasteiger charge is 2.09. The monoisotopic (exact) mass is 262 g/mol. The minimum absolute atomic E-state index is 0.267. The van der Waals surface area contributed by atoms with E-state index in [1.807, 2.05) is 18.0 Å². The molecule has 0 heterocycles. The van der Waals surface area contributed by atoms with Crippen LogP contribution in [0.4, 0.5) is 14.5 Å². The molecule has 0 aliphatic heterocycles. The van der Waals surface area contributed by atoms with E-state index in [1.54, 1.807) is 18.2 Å². The summed E-state index contributed by atoms with van der Waals surface area (Å²) in [5.41, 5.74) is 7.52. The molecular weight excluding hydrogens is 246 g/mol. The molecule has 0 aliphatic carbocycles. The van der Waals surface area contributed by atoms with Crippen molar-refractivity contribution in [2.24, 2.45) is 0 Å². The summed E-state index contributed by atoms with van der Waals surface area (Å²) >= 11 is 0. The molecule has 2 rings (SSSR count). The highest BCUT2D eigenvalue weighted by atomic mass is 19.1. The molecular formula is C15H16F2N2. The maximum Gasteiger partial charge on any atom is 0.129 e. The van der Waals surface area contributed by atoms with Gasteiger partial charge in [0.2, 0.25) is 0 Å². The molecule has 0 atom stereocenters. The smallest absolute Gasteiger partial charge is 0.129 e. The largest absolute Gasteiger partial charge is 0.398 e. The standard InChI is InChI=1S/C15H16F2N2/c1-19(9-11-4-2-5-12(16)8-11)10-13-14(17)6-3-7-15(13)18/h2-8H,9-10,18H2,1H3. The lowest BCUT2D eigenvalue weighted by Crippen LogP contribution is -2.19. The number of halogens is 2. The summed E-state index contributed by atoms with van der Waals surface area (Å²) < 4.78 is 26.7. The first-order chi connectivity index (χ1) is 9.06. The summed E-state index contributed by atoms with van der Waals surface area (Å²) in [5.74, 6) is -0.581. The molecule has 0 bridgehead atoms. The van der Waals surface area contributed by atoms with Gasteiger partial charge in [-0.1, -0.05) is 18.2 Å². The molecule has 2 nitrogen and oxygen atoms in total. The van der Waals surface area contributed by atoms with Crippen molar-refractivity contribution in [1.29, 1.82) is 0 Å². The molecule has 0 saturated heterocycles. The fourth-order valence-corrected chi connectivity index (χ4v) is 2.01. The first kappa shape index (κ1) is 13.5. The first-order valence-corrected chi connectivity index (χ1v) is 6.02. The van der Waals surface area contributed by atoms with E-state index in [2.05, 4.69) is 0 Å². The van der Waals surface area contributed by atoms with Gasteiger partial charge in [0.25, 0.3) is 0 Å². The van der Waals surface area contributed by atoms with Crippen LogP contribution in [0.2, 0.25) is 0 Å². The molecule has 2 N–H and O–H groups in total. The summed E-state index contributed by atoms with van der Waals surface area (Å²) in [5, 5.41) is 0. The third-order valence-electron chi connectivity index (χ3n) is 2.92. The van der Waals surface area contributed by atoms with Crippen LogP contribution in [0.25, 0.3) is 0 Å². The van der Waals surface area contributed by atoms with Crippen molar-refractivity contribution in [2.75, 3.05) is 12.8 Å². The highest BCUT2D eigenvalue weighted by Crippen LogP contribution is 2.18. The minimum atomic E-state index is -0.314. The van der Waals surface area contributed by atoms with Gasteiger partial charge in [-0.15, -0.1) is 0 Å². The van der Waals surface area contributed by atoms with E-state index in [0.29, 0.717) is 24.3 Å². The molecule has 0 unspecified atom stereocenters. The maximum atomic E-state index is 13.6. The quantitative estimate of drug-likeness (QED) is 0.857. The number of hydrogen-bond donors (Lipinski definition) is 1. The number of rotatable bonds is 4. The molecule has 2 aromatic rings. The van der Waals surface area contributed by atoms with E-state index in [1.165, 1.54) is 18.2 Å². The molecule has 4 heteroatoms. The van der Waals surface area contributed by atoms with E-state index in [9.17, 15) is 8.78 Å². The summed E-state index contributed by atoms with van der Waals surface area (Å²) in [6.45, 7) is 0.917. The normalized spacial score (nSPS) is 10.9. The summed E-state index contributed by atoms with van der Waals surface area (Å²) in [6.07, 6.45) is 0. The van der Waals surface area contributed by atoms with Gasteiger partial charge in [-0.2, -0.15) is 0 Å². The van der Waals surface area contributed by atoms with Crippen LogP contribution in [-0.4, -0.2) is 11.9 Å². The number of benzene rings is 2. The third kappa shape index (κ3) is 3.51. The van der Waals surface area contributed by atoms with Gasteiger partial charge < -0.3 is 5.73 Å². The van der Waals surface area contributed by atoms with Gasteiger partial charge >= 0.3 is 0 Å². The number of anilines is 1. The zero-order chi connectivity index (χ0) is 13.8. The SMILES string of the molecule is CN(Cc1cccc(F)c1)Cc1c(N)cccc1F. The van der Waals surface area contributed by atoms with Crippen molar-refractivity contribution in [3.8, 4) is 0 Å². The van der Waals surface area contributed by atoms with E-state index >= 15 is 0 Å². The predicted molar refractivity (Wildman–Crippen MR) is 72.4 cm³/mol. The number of hydrogen-bond acceptors (Lipinski definition) is 2. The fourth-order valence-electron chi connectivity index (χ4n) is 2.01. The van der Waals surface area contributed by atoms with Crippen molar-refractivity contribution in [2.45, 2.75) is 13.1 Å². The Balaban J connectivity index is 2.07. The lowest BCUT2D eigenvalue weighted by Gasteiger charge is -2.18. The number of nitrogen functional groups attached to an aromatic ring is 1. The average Bonchev–Trinajstić information content (AvgIpc) is 2.34. The van der Waals surface area contributed by atoms with Gasteiger partial charge in [-0.3, -0.25) is 4.90 Å². The van der Waals surface area contributed by atoms with Gasteiger partial charge in [0.15, 0.2) is 0 Å². The van der Waals surface area contributed by atoms with E-state index in [-0.39, 0.29) is 11.6 Å². The lowest BCUT2D eigenvalue weighted by molar-refractivity contribution is 0.314. The molecule has 0 aliphatic rings. The van der Waals surface area contributed by atoms with E-state index in [0.717, 1.165) is 5.56 Å². The van der Waals surface area contributed by atoms with Gasteiger partial charge in [0.05, 0.1) is 0 Å². The van der Waals surface area contributed by atoms with Gasteiger partial charge in [0.1, 0.15) is 11.6 Å². The highest BCUT2D eigenvalue weighted by molar-refractivity contribution is 5.47. The van der Waals surface area contributed by atoms with Crippen LogP contribution in [0, 0.1) is 11.6 Å². The topological polar surface area (TPSA) is 29.3 Å². The van der Waals surface area contributed by atoms with Gasteiger partial charge in [0, 0.05) is 24.3 Å². The van der Waals surface area contributed by atoms with Crippen LogP contribution in [0.5, 0.6) is 0 Å². The number of nitrogens with zero attached hydrogens (tertiary/aromatic N) is 1. The predicted octanol–water partition coefficient (Wildman–Crippen LogP) is 3.18. The molecule has 0 fully saturated rings. The van der Waals surface area contributed by atoms with Crippen LogP contribution in [0.15, 0.2) is 42.5 Å². The third-order valence-corrected chi connectivity index (χ3v) is 2.92. The van der Waals surface area contributed by atoms with Crippen LogP contribution in [0.3, 0.4) is 0 Å². The van der Waals surface area contributed by atoms with Crippen LogP contribution >= 0.6 is 0 Å². The summed E-state index contributed by atoms with van der Waals surface area (Å²) in [7, 11) is 1.84. The zero-order valence-electron chi connectivity index (χ0n) is 10.7. The Hall–Kier alpha value is -1.94. The van der Waals surface area contributed by atoms with Crippen molar-refractivity contribution in [3.05, 3.63) is 65.2 Å². The second kappa shape index (κ2) is 5.80. The Morgan fingerprint density at radius 1 is 1.05 bits per heavy atom. The molecule has 0 aromatic heterocycles. The number of nitrogens with two attached hydrogens (primary N) is 1. The Labute approximate surface area is 111 Å². The van der Waals surface area contributed by atoms with Crippen molar-refractivity contribution in [3.63, 3.8) is 0 Å². The molecule has 0 amide bonds. The molecule has 0 saturated carbocycles. The van der Waals surface area contributed by atoms with Crippen LogP contribution in [-0.2, 0) is 13.1 Å². The zero-order valence-corrected chi connectivity index (χ0v) is 10.7. The van der Waals surface area contributed by atoms with Gasteiger partial charge in [-0.05, 0) is 36.9 Å². The Morgan fingerprint density at radius 2 is 1.79 bits per heavy atom. The van der Waals surface area contributed by atoms with Crippen LogP contribution < -0.4 is 5.73 Å². The lowest BCUT2D eigenvalue weighted by atomic mass is 10.1. The maximum absolute atomic E-state index is 13.6. The van der Waals surface area contributed by atoms with Crippen molar-refractivity contribution >= 4 is 5.69 Å². The van der Waals surface area contributed by atoms with Crippen molar-refractivity contribution in [1.82, 2.24) is 4.90 Å². The Bertz CT molecular complexity index is 550. The van der Waals surface area contributed by atoms with Gasteiger partial charge in [-0.25, -0.2) is 8.78 Å². The molecule has 100 valence electrons. The summed E-state index contributed by atoms with van der Waals surface area (Å²) in [4.78, 5) is 1.89. The first-order valence-electron chi connectivity index (χ1n) is 6.02. The minimum Gasteiger partial charge on any atom is -0.398 e. The average molecular weight is 262 g/mol. The Morgan fingerprint density at radius 3 is 2.47 bits per heavy atom. The second-order valence-corrected chi connectivity index (χ2v) is 4.61. The molecule has 0 radical (unpaired) electrons. The summed E-state index contributed by atoms with van der Waals surface area (Å²) in [6, 6.07) is 11.0. The second-order valence-electron chi connectivity index (χ2n) is 4.61. The van der Waals surface area contributed by atoms with Crippen LogP contribution in [0.1, 0.15) is 11.1 Å². The van der Waals surface area contributed by atoms with Crippen molar-refractivity contribution < 1.29 is 8.78 Å². The molecule has 19 heavy (non-hydrogen) atoms. The van der Waals surface area contributed by atoms with E-state index in [4.69, 9.17) is 5.73 Å². The van der Waals surface area contributed by atoms with E-state index < -0.39 is 0 Å². The molecule has 2 aromatic carbocycles. The Kier molecular flexibility index (Phi) is 4.12. The fraction of sp³-hybridized carbons (Fsp3) is 0.200.